The number of piperidine rings is 2. The van der Waals surface area contributed by atoms with Gasteiger partial charge >= 0.3 is 0 Å². The fourth-order valence-electron chi connectivity index (χ4n) is 4.23. The van der Waals surface area contributed by atoms with Gasteiger partial charge in [-0.2, -0.15) is 4.31 Å². The van der Waals surface area contributed by atoms with Crippen LogP contribution < -0.4 is 10.2 Å². The highest BCUT2D eigenvalue weighted by Crippen LogP contribution is 2.29. The molecule has 0 unspecified atom stereocenters. The van der Waals surface area contributed by atoms with Gasteiger partial charge in [-0.15, -0.1) is 0 Å². The van der Waals surface area contributed by atoms with Crippen LogP contribution in [0.1, 0.15) is 32.1 Å². The number of anilines is 2. The number of rotatable bonds is 5. The Morgan fingerprint density at radius 2 is 1.72 bits per heavy atom. The average molecular weight is 465 g/mol. The fraction of sp³-hybridized carbons (Fsp3) is 0.455. The summed E-state index contributed by atoms with van der Waals surface area (Å²) in [5, 5.41) is 2.97. The molecule has 0 aliphatic carbocycles. The first kappa shape index (κ1) is 22.6. The standard InChI is InChI=1S/C22H26F2N4O3S/c23-18-7-6-17(15-19(18)24)32(30,31)28-13-8-16(9-14-28)22(29)26-20-5-4-10-25-21(20)27-11-2-1-3-12-27/h4-7,10,15-16H,1-3,8-9,11-14H2,(H,26,29). The summed E-state index contributed by atoms with van der Waals surface area (Å²) in [6.07, 6.45) is 5.77. The predicted molar refractivity (Wildman–Crippen MR) is 117 cm³/mol. The Bertz CT molecular complexity index is 1080. The molecular formula is C22H26F2N4O3S. The first-order chi connectivity index (χ1) is 15.4. The van der Waals surface area contributed by atoms with Gasteiger partial charge in [0.05, 0.1) is 10.6 Å². The van der Waals surface area contributed by atoms with Crippen LogP contribution in [0.4, 0.5) is 20.3 Å². The molecule has 2 saturated heterocycles. The Kier molecular flexibility index (Phi) is 6.71. The number of sulfonamides is 1. The van der Waals surface area contributed by atoms with E-state index in [1.165, 1.54) is 10.7 Å². The summed E-state index contributed by atoms with van der Waals surface area (Å²) >= 11 is 0. The Morgan fingerprint density at radius 3 is 2.41 bits per heavy atom. The normalized spacial score (nSPS) is 18.5. The Balaban J connectivity index is 1.39. The van der Waals surface area contributed by atoms with Crippen molar-refractivity contribution < 1.29 is 22.0 Å². The zero-order valence-electron chi connectivity index (χ0n) is 17.6. The van der Waals surface area contributed by atoms with E-state index in [2.05, 4.69) is 15.2 Å². The van der Waals surface area contributed by atoms with E-state index in [9.17, 15) is 22.0 Å². The van der Waals surface area contributed by atoms with Crippen molar-refractivity contribution in [3.05, 3.63) is 48.2 Å². The maximum Gasteiger partial charge on any atom is 0.243 e. The number of nitrogens with one attached hydrogen (secondary N) is 1. The first-order valence-electron chi connectivity index (χ1n) is 10.8. The van der Waals surface area contributed by atoms with Crippen molar-refractivity contribution in [1.29, 1.82) is 0 Å². The molecule has 2 aromatic rings. The monoisotopic (exact) mass is 464 g/mol. The van der Waals surface area contributed by atoms with Crippen molar-refractivity contribution in [3.8, 4) is 0 Å². The molecule has 2 aliphatic rings. The van der Waals surface area contributed by atoms with Crippen molar-refractivity contribution in [3.63, 3.8) is 0 Å². The lowest BCUT2D eigenvalue weighted by atomic mass is 9.97. The number of hydrogen-bond acceptors (Lipinski definition) is 5. The molecule has 0 saturated carbocycles. The van der Waals surface area contributed by atoms with E-state index < -0.39 is 21.7 Å². The van der Waals surface area contributed by atoms with E-state index in [1.54, 1.807) is 12.3 Å². The third-order valence-electron chi connectivity index (χ3n) is 6.05. The molecule has 0 atom stereocenters. The number of halogens is 2. The summed E-state index contributed by atoms with van der Waals surface area (Å²) in [5.74, 6) is -2.05. The zero-order chi connectivity index (χ0) is 22.7. The second kappa shape index (κ2) is 9.50. The zero-order valence-corrected chi connectivity index (χ0v) is 18.5. The largest absolute Gasteiger partial charge is 0.355 e. The van der Waals surface area contributed by atoms with Crippen molar-refractivity contribution in [1.82, 2.24) is 9.29 Å². The lowest BCUT2D eigenvalue weighted by molar-refractivity contribution is -0.120. The molecule has 0 radical (unpaired) electrons. The Hall–Kier alpha value is -2.59. The van der Waals surface area contributed by atoms with Crippen LogP contribution >= 0.6 is 0 Å². The van der Waals surface area contributed by atoms with Crippen LogP contribution in [-0.4, -0.2) is 49.8 Å². The number of carbonyl (C=O) groups excluding carboxylic acids is 1. The molecular weight excluding hydrogens is 438 g/mol. The van der Waals surface area contributed by atoms with Gasteiger partial charge in [0, 0.05) is 38.3 Å². The molecule has 3 heterocycles. The van der Waals surface area contributed by atoms with Crippen LogP contribution in [-0.2, 0) is 14.8 Å². The first-order valence-corrected chi connectivity index (χ1v) is 12.3. The summed E-state index contributed by atoms with van der Waals surface area (Å²) < 4.78 is 53.4. The van der Waals surface area contributed by atoms with E-state index in [0.717, 1.165) is 43.9 Å². The van der Waals surface area contributed by atoms with Gasteiger partial charge in [-0.05, 0) is 62.4 Å². The number of hydrogen-bond donors (Lipinski definition) is 1. The summed E-state index contributed by atoms with van der Waals surface area (Å²) in [7, 11) is -3.95. The number of aromatic nitrogens is 1. The quantitative estimate of drug-likeness (QED) is 0.734. The number of carbonyl (C=O) groups is 1. The highest BCUT2D eigenvalue weighted by atomic mass is 32.2. The molecule has 1 N–H and O–H groups in total. The third kappa shape index (κ3) is 4.75. The fourth-order valence-corrected chi connectivity index (χ4v) is 5.71. The topological polar surface area (TPSA) is 82.6 Å². The van der Waals surface area contributed by atoms with Gasteiger partial charge in [0.2, 0.25) is 15.9 Å². The Morgan fingerprint density at radius 1 is 1.00 bits per heavy atom. The Labute approximate surface area is 186 Å². The molecule has 7 nitrogen and oxygen atoms in total. The van der Waals surface area contributed by atoms with Crippen molar-refractivity contribution >= 4 is 27.4 Å². The van der Waals surface area contributed by atoms with E-state index in [-0.39, 0.29) is 29.8 Å². The molecule has 32 heavy (non-hydrogen) atoms. The van der Waals surface area contributed by atoms with Crippen LogP contribution in [0.5, 0.6) is 0 Å². The van der Waals surface area contributed by atoms with Crippen molar-refractivity contribution in [2.75, 3.05) is 36.4 Å². The van der Waals surface area contributed by atoms with Gasteiger partial charge in [0.25, 0.3) is 0 Å². The van der Waals surface area contributed by atoms with Crippen LogP contribution in [0.15, 0.2) is 41.4 Å². The maximum absolute atomic E-state index is 13.5. The van der Waals surface area contributed by atoms with E-state index in [4.69, 9.17) is 0 Å². The number of benzene rings is 1. The SMILES string of the molecule is O=C(Nc1cccnc1N1CCCCC1)C1CCN(S(=O)(=O)c2ccc(F)c(F)c2)CC1. The number of amides is 1. The molecule has 1 aromatic heterocycles. The lowest BCUT2D eigenvalue weighted by Crippen LogP contribution is -2.41. The summed E-state index contributed by atoms with van der Waals surface area (Å²) in [6, 6.07) is 6.15. The summed E-state index contributed by atoms with van der Waals surface area (Å²) in [5.41, 5.74) is 0.663. The second-order valence-electron chi connectivity index (χ2n) is 8.17. The molecule has 4 rings (SSSR count). The van der Waals surface area contributed by atoms with Gasteiger partial charge < -0.3 is 10.2 Å². The van der Waals surface area contributed by atoms with Gasteiger partial charge in [0.15, 0.2) is 17.5 Å². The minimum atomic E-state index is -3.95. The molecule has 10 heteroatoms. The minimum Gasteiger partial charge on any atom is -0.355 e. The van der Waals surface area contributed by atoms with Crippen molar-refractivity contribution in [2.45, 2.75) is 37.0 Å². The average Bonchev–Trinajstić information content (AvgIpc) is 2.82. The van der Waals surface area contributed by atoms with Gasteiger partial charge in [0.1, 0.15) is 0 Å². The second-order valence-corrected chi connectivity index (χ2v) is 10.1. The van der Waals surface area contributed by atoms with Crippen molar-refractivity contribution in [2.24, 2.45) is 5.92 Å². The molecule has 2 aliphatic heterocycles. The van der Waals surface area contributed by atoms with Gasteiger partial charge in [-0.25, -0.2) is 22.2 Å². The number of nitrogens with zero attached hydrogens (tertiary/aromatic N) is 3. The molecule has 2 fully saturated rings. The van der Waals surface area contributed by atoms with Crippen LogP contribution in [0.25, 0.3) is 0 Å². The van der Waals surface area contributed by atoms with Gasteiger partial charge in [-0.1, -0.05) is 0 Å². The maximum atomic E-state index is 13.5. The highest BCUT2D eigenvalue weighted by Gasteiger charge is 2.33. The summed E-state index contributed by atoms with van der Waals surface area (Å²) in [4.78, 5) is 19.2. The molecule has 172 valence electrons. The lowest BCUT2D eigenvalue weighted by Gasteiger charge is -2.32. The summed E-state index contributed by atoms with van der Waals surface area (Å²) in [6.45, 7) is 2.07. The van der Waals surface area contributed by atoms with E-state index >= 15 is 0 Å². The predicted octanol–water partition coefficient (Wildman–Crippen LogP) is 3.39. The number of pyridine rings is 1. The van der Waals surface area contributed by atoms with E-state index in [1.807, 2.05) is 6.07 Å². The molecule has 1 aromatic carbocycles. The third-order valence-corrected chi connectivity index (χ3v) is 7.95. The molecule has 1 amide bonds. The smallest absolute Gasteiger partial charge is 0.243 e. The van der Waals surface area contributed by atoms with Crippen LogP contribution in [0.2, 0.25) is 0 Å². The molecule has 0 spiro atoms. The van der Waals surface area contributed by atoms with E-state index in [0.29, 0.717) is 24.6 Å². The minimum absolute atomic E-state index is 0.130. The van der Waals surface area contributed by atoms with Crippen LogP contribution in [0.3, 0.4) is 0 Å². The van der Waals surface area contributed by atoms with Crippen LogP contribution in [0, 0.1) is 17.6 Å². The van der Waals surface area contributed by atoms with Gasteiger partial charge in [-0.3, -0.25) is 4.79 Å². The highest BCUT2D eigenvalue weighted by molar-refractivity contribution is 7.89. The molecule has 0 bridgehead atoms.